The van der Waals surface area contributed by atoms with Crippen molar-refractivity contribution in [2.24, 2.45) is 12.0 Å². The van der Waals surface area contributed by atoms with Crippen LogP contribution >= 0.6 is 11.3 Å². The Morgan fingerprint density at radius 3 is 2.79 bits per heavy atom. The van der Waals surface area contributed by atoms with Crippen LogP contribution in [-0.4, -0.2) is 26.7 Å². The van der Waals surface area contributed by atoms with Gasteiger partial charge in [0.1, 0.15) is 5.01 Å². The van der Waals surface area contributed by atoms with E-state index in [4.69, 9.17) is 10.1 Å². The molecule has 1 aliphatic carbocycles. The number of nitrogens with one attached hydrogen (secondary N) is 1. The van der Waals surface area contributed by atoms with Crippen molar-refractivity contribution in [3.8, 4) is 10.6 Å². The fraction of sp³-hybridized carbons (Fsp3) is 0.364. The molecule has 2 heterocycles. The Morgan fingerprint density at radius 2 is 2.00 bits per heavy atom. The number of hydrogen-bond acceptors (Lipinski definition) is 5. The molecular weight excluding hydrogens is 382 g/mol. The van der Waals surface area contributed by atoms with Gasteiger partial charge in [0.05, 0.1) is 6.04 Å². The molecule has 1 N–H and O–H groups in total. The summed E-state index contributed by atoms with van der Waals surface area (Å²) in [5.74, 6) is -0.0990. The van der Waals surface area contributed by atoms with Gasteiger partial charge in [0, 0.05) is 37.1 Å². The molecule has 7 heteroatoms. The number of nitrogens with zero attached hydrogens (tertiary/aromatic N) is 4. The van der Waals surface area contributed by atoms with Crippen molar-refractivity contribution < 1.29 is 4.79 Å². The van der Waals surface area contributed by atoms with Crippen LogP contribution in [0.25, 0.3) is 10.6 Å². The van der Waals surface area contributed by atoms with Gasteiger partial charge in [0.25, 0.3) is 5.91 Å². The first-order valence-corrected chi connectivity index (χ1v) is 10.9. The molecule has 0 aliphatic heterocycles. The Labute approximate surface area is 174 Å². The van der Waals surface area contributed by atoms with Crippen LogP contribution < -0.4 is 10.1 Å². The summed E-state index contributed by atoms with van der Waals surface area (Å²) in [5, 5.41) is 8.57. The quantitative estimate of drug-likeness (QED) is 0.701. The molecule has 0 bridgehead atoms. The smallest absolute Gasteiger partial charge is 0.251 e. The van der Waals surface area contributed by atoms with Gasteiger partial charge in [0.2, 0.25) is 4.80 Å². The van der Waals surface area contributed by atoms with E-state index in [9.17, 15) is 4.79 Å². The van der Waals surface area contributed by atoms with Crippen molar-refractivity contribution >= 4 is 17.2 Å². The summed E-state index contributed by atoms with van der Waals surface area (Å²) in [6.45, 7) is 0.398. The zero-order valence-electron chi connectivity index (χ0n) is 16.5. The van der Waals surface area contributed by atoms with E-state index in [2.05, 4.69) is 10.3 Å². The first-order valence-electron chi connectivity index (χ1n) is 10.0. The molecule has 6 nitrogen and oxygen atoms in total. The van der Waals surface area contributed by atoms with Crippen LogP contribution in [0.1, 0.15) is 48.0 Å². The van der Waals surface area contributed by atoms with Crippen LogP contribution in [0.3, 0.4) is 0 Å². The van der Waals surface area contributed by atoms with E-state index in [1.54, 1.807) is 35.9 Å². The van der Waals surface area contributed by atoms with Crippen LogP contribution in [-0.2, 0) is 13.6 Å². The highest BCUT2D eigenvalue weighted by Gasteiger charge is 2.15. The highest BCUT2D eigenvalue weighted by molar-refractivity contribution is 7.12. The van der Waals surface area contributed by atoms with Crippen molar-refractivity contribution in [2.45, 2.75) is 44.7 Å². The minimum absolute atomic E-state index is 0.0990. The lowest BCUT2D eigenvalue weighted by Gasteiger charge is -2.16. The summed E-state index contributed by atoms with van der Waals surface area (Å²) in [6.07, 6.45) is 9.73. The maximum absolute atomic E-state index is 12.4. The molecule has 2 aromatic heterocycles. The number of aryl methyl sites for hydroxylation is 1. The molecule has 4 rings (SSSR count). The zero-order valence-corrected chi connectivity index (χ0v) is 17.4. The van der Waals surface area contributed by atoms with E-state index >= 15 is 0 Å². The van der Waals surface area contributed by atoms with Crippen LogP contribution in [0.5, 0.6) is 0 Å². The number of pyridine rings is 1. The Balaban J connectivity index is 1.54. The number of carbonyl (C=O) groups excluding carboxylic acids is 1. The highest BCUT2D eigenvalue weighted by atomic mass is 32.1. The van der Waals surface area contributed by atoms with Gasteiger partial charge in [-0.3, -0.25) is 14.8 Å². The molecule has 1 aliphatic rings. The van der Waals surface area contributed by atoms with E-state index in [1.165, 1.54) is 32.1 Å². The molecule has 150 valence electrons. The predicted octanol–water partition coefficient (Wildman–Crippen LogP) is 3.71. The second-order valence-corrected chi connectivity index (χ2v) is 8.27. The minimum atomic E-state index is -0.0990. The summed E-state index contributed by atoms with van der Waals surface area (Å²) in [6, 6.07) is 11.6. The predicted molar refractivity (Wildman–Crippen MR) is 114 cm³/mol. The lowest BCUT2D eigenvalue weighted by Crippen LogP contribution is -2.23. The van der Waals surface area contributed by atoms with E-state index in [0.29, 0.717) is 18.2 Å². The topological polar surface area (TPSA) is 72.2 Å². The third-order valence-corrected chi connectivity index (χ3v) is 6.23. The number of carbonyl (C=O) groups is 1. The third kappa shape index (κ3) is 4.79. The molecule has 1 saturated carbocycles. The summed E-state index contributed by atoms with van der Waals surface area (Å²) in [7, 11) is 1.94. The van der Waals surface area contributed by atoms with Gasteiger partial charge in [0.15, 0.2) is 0 Å². The van der Waals surface area contributed by atoms with Gasteiger partial charge in [-0.05, 0) is 36.6 Å². The van der Waals surface area contributed by atoms with Crippen molar-refractivity contribution in [3.05, 3.63) is 64.7 Å². The monoisotopic (exact) mass is 407 g/mol. The highest BCUT2D eigenvalue weighted by Crippen LogP contribution is 2.24. The van der Waals surface area contributed by atoms with Crippen molar-refractivity contribution in [3.63, 3.8) is 0 Å². The van der Waals surface area contributed by atoms with Gasteiger partial charge in [-0.1, -0.05) is 48.8 Å². The average Bonchev–Trinajstić information content (AvgIpc) is 3.13. The van der Waals surface area contributed by atoms with Gasteiger partial charge in [-0.2, -0.15) is 5.10 Å². The summed E-state index contributed by atoms with van der Waals surface area (Å²) in [5.41, 5.74) is 2.57. The van der Waals surface area contributed by atoms with E-state index in [0.717, 1.165) is 20.9 Å². The maximum Gasteiger partial charge on any atom is 0.251 e. The molecule has 1 aromatic carbocycles. The second kappa shape index (κ2) is 9.13. The van der Waals surface area contributed by atoms with Crippen LogP contribution in [0.4, 0.5) is 0 Å². The van der Waals surface area contributed by atoms with E-state index < -0.39 is 0 Å². The number of amides is 1. The Kier molecular flexibility index (Phi) is 6.14. The molecule has 0 atom stereocenters. The molecule has 1 amide bonds. The summed E-state index contributed by atoms with van der Waals surface area (Å²) in [4.78, 5) is 22.5. The second-order valence-electron chi connectivity index (χ2n) is 7.32. The average molecular weight is 408 g/mol. The van der Waals surface area contributed by atoms with E-state index in [1.807, 2.05) is 36.0 Å². The van der Waals surface area contributed by atoms with Gasteiger partial charge in [-0.25, -0.2) is 4.68 Å². The normalized spacial score (nSPS) is 15.4. The molecule has 0 radical (unpaired) electrons. The number of hydrogen-bond donors (Lipinski definition) is 1. The Morgan fingerprint density at radius 1 is 1.21 bits per heavy atom. The first-order chi connectivity index (χ1) is 14.2. The van der Waals surface area contributed by atoms with Crippen LogP contribution in [0, 0.1) is 0 Å². The Hall–Kier alpha value is -2.80. The standard InChI is InChI=1S/C22H25N5OS/c1-27-22(25-18-10-6-3-7-11-18)29-21(26-27)19-12-13-23-14-17(19)15-24-20(28)16-8-4-2-5-9-16/h2,4-5,8-9,12-14,18H,3,6-7,10-11,15H2,1H3,(H,24,28). The Bertz CT molecular complexity index is 1030. The fourth-order valence-electron chi connectivity index (χ4n) is 3.58. The number of benzene rings is 1. The molecule has 0 saturated heterocycles. The van der Waals surface area contributed by atoms with Crippen molar-refractivity contribution in [2.75, 3.05) is 0 Å². The van der Waals surface area contributed by atoms with Gasteiger partial charge < -0.3 is 5.32 Å². The molecule has 29 heavy (non-hydrogen) atoms. The number of rotatable bonds is 5. The lowest BCUT2D eigenvalue weighted by molar-refractivity contribution is 0.0951. The summed E-state index contributed by atoms with van der Waals surface area (Å²) < 4.78 is 1.86. The number of aromatic nitrogens is 3. The van der Waals surface area contributed by atoms with E-state index in [-0.39, 0.29) is 5.91 Å². The third-order valence-electron chi connectivity index (χ3n) is 5.18. The molecule has 0 unspecified atom stereocenters. The van der Waals surface area contributed by atoms with Gasteiger partial charge in [-0.15, -0.1) is 0 Å². The fourth-order valence-corrected chi connectivity index (χ4v) is 4.60. The van der Waals surface area contributed by atoms with Crippen molar-refractivity contribution in [1.29, 1.82) is 0 Å². The largest absolute Gasteiger partial charge is 0.348 e. The molecule has 3 aromatic rings. The first kappa shape index (κ1) is 19.5. The summed E-state index contributed by atoms with van der Waals surface area (Å²) >= 11 is 1.60. The van der Waals surface area contributed by atoms with Crippen LogP contribution in [0.2, 0.25) is 0 Å². The zero-order chi connectivity index (χ0) is 20.1. The molecule has 0 spiro atoms. The van der Waals surface area contributed by atoms with Crippen molar-refractivity contribution in [1.82, 2.24) is 20.1 Å². The van der Waals surface area contributed by atoms with Gasteiger partial charge >= 0.3 is 0 Å². The SMILES string of the molecule is Cn1nc(-c2ccncc2CNC(=O)c2ccccc2)sc1=NC1CCCCC1. The van der Waals surface area contributed by atoms with Crippen LogP contribution in [0.15, 0.2) is 53.8 Å². The minimum Gasteiger partial charge on any atom is -0.348 e. The maximum atomic E-state index is 12.4. The molecular formula is C22H25N5OS. The lowest BCUT2D eigenvalue weighted by atomic mass is 9.96. The molecule has 1 fully saturated rings.